The second-order valence-corrected chi connectivity index (χ2v) is 4.29. The summed E-state index contributed by atoms with van der Waals surface area (Å²) in [6.45, 7) is 3.85. The molecule has 4 nitrogen and oxygen atoms in total. The third-order valence-electron chi connectivity index (χ3n) is 2.70. The molecule has 1 heterocycles. The third kappa shape index (κ3) is 2.29. The van der Waals surface area contributed by atoms with Crippen LogP contribution < -0.4 is 3.07 Å². The largest absolute Gasteiger partial charge is 0.428 e. The van der Waals surface area contributed by atoms with Crippen LogP contribution in [0.2, 0.25) is 0 Å². The highest BCUT2D eigenvalue weighted by Crippen LogP contribution is 2.30. The number of hydrogen-bond acceptors (Lipinski definition) is 4. The average Bonchev–Trinajstić information content (AvgIpc) is 2.39. The van der Waals surface area contributed by atoms with E-state index >= 15 is 0 Å². The molecule has 0 amide bonds. The molecule has 18 heavy (non-hydrogen) atoms. The molecule has 0 saturated carbocycles. The number of aromatic nitrogens is 2. The van der Waals surface area contributed by atoms with Crippen molar-refractivity contribution in [2.45, 2.75) is 13.8 Å². The Morgan fingerprint density at radius 1 is 1.28 bits per heavy atom. The molecule has 0 N–H and O–H groups in total. The molecule has 0 spiro atoms. The van der Waals surface area contributed by atoms with Gasteiger partial charge in [-0.3, -0.25) is 0 Å². The first-order valence-corrected chi connectivity index (χ1v) is 6.16. The highest BCUT2D eigenvalue weighted by atomic mass is 127. The molecular formula is C13H10IN3O. The minimum Gasteiger partial charge on any atom is -0.428 e. The Kier molecular flexibility index (Phi) is 3.77. The summed E-state index contributed by atoms with van der Waals surface area (Å²) in [5.41, 5.74) is 3.97. The van der Waals surface area contributed by atoms with Crippen molar-refractivity contribution in [2.75, 3.05) is 0 Å². The second-order valence-electron chi connectivity index (χ2n) is 3.85. The van der Waals surface area contributed by atoms with Gasteiger partial charge >= 0.3 is 0 Å². The van der Waals surface area contributed by atoms with Crippen LogP contribution in [0.25, 0.3) is 11.1 Å². The highest BCUT2D eigenvalue weighted by molar-refractivity contribution is 14.1. The summed E-state index contributed by atoms with van der Waals surface area (Å²) in [5, 5.41) is 9.13. The van der Waals surface area contributed by atoms with Crippen molar-refractivity contribution in [3.63, 3.8) is 0 Å². The van der Waals surface area contributed by atoms with Gasteiger partial charge < -0.3 is 3.07 Å². The zero-order chi connectivity index (χ0) is 13.1. The summed E-state index contributed by atoms with van der Waals surface area (Å²) in [7, 11) is 0. The molecule has 2 rings (SSSR count). The lowest BCUT2D eigenvalue weighted by Gasteiger charge is -2.10. The molecule has 0 aliphatic carbocycles. The molecule has 0 radical (unpaired) electrons. The van der Waals surface area contributed by atoms with E-state index in [0.717, 1.165) is 28.1 Å². The second kappa shape index (κ2) is 5.31. The molecule has 0 aliphatic rings. The maximum absolute atomic E-state index is 9.13. The van der Waals surface area contributed by atoms with E-state index in [4.69, 9.17) is 8.33 Å². The van der Waals surface area contributed by atoms with E-state index in [9.17, 15) is 0 Å². The van der Waals surface area contributed by atoms with Gasteiger partial charge in [0.05, 0.1) is 0 Å². The average molecular weight is 351 g/mol. The first-order valence-electron chi connectivity index (χ1n) is 5.28. The van der Waals surface area contributed by atoms with Crippen molar-refractivity contribution < 1.29 is 3.07 Å². The summed E-state index contributed by atoms with van der Waals surface area (Å²) in [4.78, 5) is 8.17. The van der Waals surface area contributed by atoms with Crippen molar-refractivity contribution in [3.05, 3.63) is 41.5 Å². The smallest absolute Gasteiger partial charge is 0.192 e. The van der Waals surface area contributed by atoms with Crippen molar-refractivity contribution in [1.82, 2.24) is 9.97 Å². The van der Waals surface area contributed by atoms with Crippen molar-refractivity contribution >= 4 is 23.0 Å². The number of hydrogen-bond donors (Lipinski definition) is 0. The number of aryl methyl sites for hydroxylation is 2. The molecule has 1 aromatic carbocycles. The van der Waals surface area contributed by atoms with Crippen LogP contribution in [-0.4, -0.2) is 9.97 Å². The molecule has 0 saturated heterocycles. The van der Waals surface area contributed by atoms with Gasteiger partial charge in [-0.1, -0.05) is 6.07 Å². The van der Waals surface area contributed by atoms with Gasteiger partial charge in [0, 0.05) is 11.3 Å². The van der Waals surface area contributed by atoms with E-state index < -0.39 is 0 Å². The normalized spacial score (nSPS) is 9.89. The fraction of sp³-hybridized carbons (Fsp3) is 0.154. The fourth-order valence-electron chi connectivity index (χ4n) is 1.85. The fourth-order valence-corrected chi connectivity index (χ4v) is 2.12. The number of rotatable bonds is 2. The summed E-state index contributed by atoms with van der Waals surface area (Å²) in [6.07, 6.45) is 1.41. The minimum atomic E-state index is 0.397. The number of nitriles is 1. The van der Waals surface area contributed by atoms with Crippen LogP contribution in [-0.2, 0) is 0 Å². The Labute approximate surface area is 119 Å². The van der Waals surface area contributed by atoms with Crippen LogP contribution in [0.3, 0.4) is 0 Å². The molecule has 0 aliphatic heterocycles. The lowest BCUT2D eigenvalue weighted by atomic mass is 9.98. The Morgan fingerprint density at radius 2 is 2.06 bits per heavy atom. The predicted molar refractivity (Wildman–Crippen MR) is 76.3 cm³/mol. The summed E-state index contributed by atoms with van der Waals surface area (Å²) in [5.74, 6) is 0.782. The summed E-state index contributed by atoms with van der Waals surface area (Å²) >= 11 is 1.84. The van der Waals surface area contributed by atoms with Gasteiger partial charge in [0.15, 0.2) is 28.7 Å². The molecule has 2 aromatic rings. The molecule has 5 heteroatoms. The van der Waals surface area contributed by atoms with E-state index in [0.29, 0.717) is 5.69 Å². The van der Waals surface area contributed by atoms with E-state index in [-0.39, 0.29) is 0 Å². The van der Waals surface area contributed by atoms with Crippen LogP contribution in [0, 0.1) is 25.2 Å². The van der Waals surface area contributed by atoms with Gasteiger partial charge in [0.1, 0.15) is 18.1 Å². The molecule has 0 bridgehead atoms. The van der Waals surface area contributed by atoms with E-state index in [1.54, 1.807) is 0 Å². The minimum absolute atomic E-state index is 0.397. The quantitative estimate of drug-likeness (QED) is 0.779. The Balaban J connectivity index is 2.66. The van der Waals surface area contributed by atoms with E-state index in [2.05, 4.69) is 16.0 Å². The van der Waals surface area contributed by atoms with Crippen LogP contribution in [0.1, 0.15) is 17.0 Å². The topological polar surface area (TPSA) is 58.8 Å². The van der Waals surface area contributed by atoms with Gasteiger partial charge in [-0.05, 0) is 37.1 Å². The number of benzene rings is 1. The summed E-state index contributed by atoms with van der Waals surface area (Å²) < 4.78 is 5.15. The van der Waals surface area contributed by atoms with E-state index in [1.807, 2.05) is 55.1 Å². The van der Waals surface area contributed by atoms with Crippen molar-refractivity contribution in [2.24, 2.45) is 0 Å². The molecule has 0 fully saturated rings. The van der Waals surface area contributed by atoms with Crippen LogP contribution in [0.15, 0.2) is 24.5 Å². The van der Waals surface area contributed by atoms with Gasteiger partial charge in [-0.2, -0.15) is 5.26 Å². The third-order valence-corrected chi connectivity index (χ3v) is 3.21. The van der Waals surface area contributed by atoms with Crippen molar-refractivity contribution in [3.8, 4) is 22.9 Å². The summed E-state index contributed by atoms with van der Waals surface area (Å²) in [6, 6.07) is 7.82. The van der Waals surface area contributed by atoms with E-state index in [1.165, 1.54) is 6.33 Å². The maximum atomic E-state index is 9.13. The molecule has 0 unspecified atom stereocenters. The van der Waals surface area contributed by atoms with Crippen LogP contribution in [0.4, 0.5) is 0 Å². The Morgan fingerprint density at radius 3 is 2.67 bits per heavy atom. The number of halogens is 1. The molecule has 90 valence electrons. The predicted octanol–water partition coefficient (Wildman–Crippen LogP) is 3.36. The SMILES string of the molecule is Cc1cc(OI)ccc1-c1c(C)ncnc1C#N. The van der Waals surface area contributed by atoms with Crippen LogP contribution >= 0.6 is 23.0 Å². The lowest BCUT2D eigenvalue weighted by molar-refractivity contribution is 0.716. The molecule has 1 aromatic heterocycles. The van der Waals surface area contributed by atoms with Gasteiger partial charge in [0.2, 0.25) is 0 Å². The first kappa shape index (κ1) is 12.8. The molecular weight excluding hydrogens is 341 g/mol. The molecule has 0 atom stereocenters. The zero-order valence-corrected chi connectivity index (χ0v) is 12.1. The number of nitrogens with zero attached hydrogens (tertiary/aromatic N) is 3. The van der Waals surface area contributed by atoms with Crippen LogP contribution in [0.5, 0.6) is 5.75 Å². The van der Waals surface area contributed by atoms with Gasteiger partial charge in [-0.25, -0.2) is 9.97 Å². The Hall–Kier alpha value is -1.68. The van der Waals surface area contributed by atoms with Gasteiger partial charge in [-0.15, -0.1) is 0 Å². The standard InChI is InChI=1S/C13H10IN3O/c1-8-5-10(18-14)3-4-11(8)13-9(2)16-7-17-12(13)6-15/h3-5,7H,1-2H3. The Bertz CT molecular complexity index is 635. The lowest BCUT2D eigenvalue weighted by Crippen LogP contribution is -1.97. The van der Waals surface area contributed by atoms with Gasteiger partial charge in [0.25, 0.3) is 0 Å². The zero-order valence-electron chi connectivity index (χ0n) is 9.94. The first-order chi connectivity index (χ1) is 8.67. The highest BCUT2D eigenvalue weighted by Gasteiger charge is 2.13. The van der Waals surface area contributed by atoms with Crippen molar-refractivity contribution in [1.29, 1.82) is 5.26 Å². The monoisotopic (exact) mass is 351 g/mol. The maximum Gasteiger partial charge on any atom is 0.192 e.